The molecule has 0 radical (unpaired) electrons. The minimum absolute atomic E-state index is 0.131. The highest BCUT2D eigenvalue weighted by molar-refractivity contribution is 6.19. The summed E-state index contributed by atoms with van der Waals surface area (Å²) in [5, 5.41) is 4.11. The van der Waals surface area contributed by atoms with Crippen LogP contribution in [0.25, 0.3) is 0 Å². The molecule has 0 atom stereocenters. The Hall–Kier alpha value is -1.85. The van der Waals surface area contributed by atoms with Crippen LogP contribution < -0.4 is 4.90 Å². The van der Waals surface area contributed by atoms with Gasteiger partial charge in [-0.15, -0.1) is 0 Å². The van der Waals surface area contributed by atoms with Crippen molar-refractivity contribution in [2.45, 2.75) is 19.9 Å². The number of anilines is 1. The van der Waals surface area contributed by atoms with Gasteiger partial charge in [-0.1, -0.05) is 0 Å². The second kappa shape index (κ2) is 3.62. The van der Waals surface area contributed by atoms with E-state index in [4.69, 9.17) is 0 Å². The van der Waals surface area contributed by atoms with Crippen LogP contribution in [0.15, 0.2) is 12.4 Å². The van der Waals surface area contributed by atoms with Crippen LogP contribution in [0.5, 0.6) is 0 Å². The Morgan fingerprint density at radius 2 is 2.06 bits per heavy atom. The van der Waals surface area contributed by atoms with Crippen LogP contribution in [0.1, 0.15) is 19.9 Å². The summed E-state index contributed by atoms with van der Waals surface area (Å²) >= 11 is 0. The molecule has 16 heavy (non-hydrogen) atoms. The molecule has 1 aliphatic rings. The number of carbonyl (C=O) groups is 2. The van der Waals surface area contributed by atoms with E-state index >= 15 is 0 Å². The SMILES string of the molecule is CC(C)n1cc(N2C(=O)CN(C)C2=O)cn1. The molecule has 0 aromatic carbocycles. The van der Waals surface area contributed by atoms with Gasteiger partial charge in [0.25, 0.3) is 5.91 Å². The Morgan fingerprint density at radius 1 is 1.38 bits per heavy atom. The normalized spacial score (nSPS) is 16.8. The number of imide groups is 1. The van der Waals surface area contributed by atoms with Crippen molar-refractivity contribution in [1.82, 2.24) is 14.7 Å². The van der Waals surface area contributed by atoms with E-state index in [1.54, 1.807) is 17.9 Å². The lowest BCUT2D eigenvalue weighted by atomic mass is 10.4. The second-order valence-electron chi connectivity index (χ2n) is 4.14. The molecule has 0 saturated carbocycles. The Bertz CT molecular complexity index is 438. The average molecular weight is 222 g/mol. The van der Waals surface area contributed by atoms with E-state index in [9.17, 15) is 9.59 Å². The number of amides is 3. The van der Waals surface area contributed by atoms with Crippen molar-refractivity contribution in [2.75, 3.05) is 18.5 Å². The molecule has 1 aromatic rings. The zero-order valence-corrected chi connectivity index (χ0v) is 9.54. The van der Waals surface area contributed by atoms with Crippen molar-refractivity contribution in [3.05, 3.63) is 12.4 Å². The van der Waals surface area contributed by atoms with Gasteiger partial charge in [-0.25, -0.2) is 9.69 Å². The van der Waals surface area contributed by atoms with Gasteiger partial charge in [0.05, 0.1) is 11.9 Å². The van der Waals surface area contributed by atoms with Gasteiger partial charge in [0.15, 0.2) is 0 Å². The summed E-state index contributed by atoms with van der Waals surface area (Å²) in [7, 11) is 1.60. The Labute approximate surface area is 93.4 Å². The van der Waals surface area contributed by atoms with Gasteiger partial charge in [0, 0.05) is 19.3 Å². The lowest BCUT2D eigenvalue weighted by molar-refractivity contribution is -0.116. The Morgan fingerprint density at radius 3 is 2.50 bits per heavy atom. The molecular weight excluding hydrogens is 208 g/mol. The molecule has 1 aliphatic heterocycles. The highest BCUT2D eigenvalue weighted by atomic mass is 16.2. The number of likely N-dealkylation sites (N-methyl/N-ethyl adjacent to an activating group) is 1. The zero-order chi connectivity index (χ0) is 11.9. The molecule has 2 rings (SSSR count). The summed E-state index contributed by atoms with van der Waals surface area (Å²) < 4.78 is 1.72. The van der Waals surface area contributed by atoms with Crippen molar-refractivity contribution in [3.8, 4) is 0 Å². The molecule has 0 aliphatic carbocycles. The molecule has 1 fully saturated rings. The number of urea groups is 1. The van der Waals surface area contributed by atoms with E-state index < -0.39 is 0 Å². The van der Waals surface area contributed by atoms with E-state index in [2.05, 4.69) is 5.10 Å². The average Bonchev–Trinajstić information content (AvgIpc) is 2.74. The van der Waals surface area contributed by atoms with E-state index in [1.165, 1.54) is 11.1 Å². The summed E-state index contributed by atoms with van der Waals surface area (Å²) in [6, 6.07) is -0.0902. The predicted octanol–water partition coefficient (Wildman–Crippen LogP) is 0.862. The molecule has 0 unspecified atom stereocenters. The zero-order valence-electron chi connectivity index (χ0n) is 9.54. The molecule has 3 amide bonds. The maximum atomic E-state index is 11.7. The first kappa shape index (κ1) is 10.7. The summed E-state index contributed by atoms with van der Waals surface area (Å²) in [6.45, 7) is 4.10. The highest BCUT2D eigenvalue weighted by Crippen LogP contribution is 2.20. The number of hydrogen-bond acceptors (Lipinski definition) is 3. The fourth-order valence-electron chi connectivity index (χ4n) is 1.60. The first-order chi connectivity index (χ1) is 7.50. The van der Waals surface area contributed by atoms with Crippen LogP contribution in [0.3, 0.4) is 0 Å². The molecule has 1 aromatic heterocycles. The standard InChI is InChI=1S/C10H14N4O2/c1-7(2)13-5-8(4-11-13)14-9(15)6-12(3)10(14)16/h4-5,7H,6H2,1-3H3. The summed E-state index contributed by atoms with van der Waals surface area (Å²) in [5.74, 6) is -0.212. The fraction of sp³-hybridized carbons (Fsp3) is 0.500. The molecule has 1 saturated heterocycles. The number of aromatic nitrogens is 2. The molecule has 0 spiro atoms. The van der Waals surface area contributed by atoms with Crippen LogP contribution >= 0.6 is 0 Å². The van der Waals surface area contributed by atoms with Crippen LogP contribution in [0.4, 0.5) is 10.5 Å². The van der Waals surface area contributed by atoms with Crippen LogP contribution in [-0.4, -0.2) is 40.2 Å². The minimum Gasteiger partial charge on any atom is -0.318 e. The van der Waals surface area contributed by atoms with Gasteiger partial charge in [-0.05, 0) is 13.8 Å². The molecule has 0 bridgehead atoms. The van der Waals surface area contributed by atoms with Gasteiger partial charge < -0.3 is 4.90 Å². The Kier molecular flexibility index (Phi) is 2.41. The second-order valence-corrected chi connectivity index (χ2v) is 4.14. The van der Waals surface area contributed by atoms with Crippen molar-refractivity contribution in [1.29, 1.82) is 0 Å². The third-order valence-electron chi connectivity index (χ3n) is 2.51. The minimum atomic E-state index is -0.298. The number of carbonyl (C=O) groups excluding carboxylic acids is 2. The number of hydrogen-bond donors (Lipinski definition) is 0. The molecule has 6 heteroatoms. The van der Waals surface area contributed by atoms with Crippen molar-refractivity contribution >= 4 is 17.6 Å². The van der Waals surface area contributed by atoms with Crippen molar-refractivity contribution in [3.63, 3.8) is 0 Å². The molecule has 6 nitrogen and oxygen atoms in total. The fourth-order valence-corrected chi connectivity index (χ4v) is 1.60. The maximum Gasteiger partial charge on any atom is 0.331 e. The van der Waals surface area contributed by atoms with Crippen molar-refractivity contribution < 1.29 is 9.59 Å². The molecule has 2 heterocycles. The van der Waals surface area contributed by atoms with Gasteiger partial charge >= 0.3 is 6.03 Å². The van der Waals surface area contributed by atoms with E-state index in [-0.39, 0.29) is 24.5 Å². The molecule has 86 valence electrons. The Balaban J connectivity index is 2.30. The van der Waals surface area contributed by atoms with Gasteiger partial charge in [0.1, 0.15) is 6.54 Å². The summed E-state index contributed by atoms with van der Waals surface area (Å²) in [6.07, 6.45) is 3.24. The van der Waals surface area contributed by atoms with E-state index in [1.807, 2.05) is 13.8 Å². The van der Waals surface area contributed by atoms with Crippen LogP contribution in [0.2, 0.25) is 0 Å². The van der Waals surface area contributed by atoms with Gasteiger partial charge in [0.2, 0.25) is 0 Å². The highest BCUT2D eigenvalue weighted by Gasteiger charge is 2.35. The van der Waals surface area contributed by atoms with E-state index in [0.29, 0.717) is 5.69 Å². The van der Waals surface area contributed by atoms with E-state index in [0.717, 1.165) is 4.90 Å². The largest absolute Gasteiger partial charge is 0.331 e. The first-order valence-electron chi connectivity index (χ1n) is 5.13. The third-order valence-corrected chi connectivity index (χ3v) is 2.51. The lowest BCUT2D eigenvalue weighted by Crippen LogP contribution is -2.31. The van der Waals surface area contributed by atoms with Gasteiger partial charge in [-0.2, -0.15) is 5.10 Å². The monoisotopic (exact) mass is 222 g/mol. The van der Waals surface area contributed by atoms with Crippen LogP contribution in [0, 0.1) is 0 Å². The number of rotatable bonds is 2. The first-order valence-corrected chi connectivity index (χ1v) is 5.13. The summed E-state index contributed by atoms with van der Waals surface area (Å²) in [4.78, 5) is 25.8. The maximum absolute atomic E-state index is 11.7. The van der Waals surface area contributed by atoms with Crippen LogP contribution in [-0.2, 0) is 4.79 Å². The third kappa shape index (κ3) is 1.56. The quantitative estimate of drug-likeness (QED) is 0.697. The number of nitrogens with zero attached hydrogens (tertiary/aromatic N) is 4. The lowest BCUT2D eigenvalue weighted by Gasteiger charge is -2.11. The predicted molar refractivity (Wildman–Crippen MR) is 58.1 cm³/mol. The van der Waals surface area contributed by atoms with Gasteiger partial charge in [-0.3, -0.25) is 9.48 Å². The van der Waals surface area contributed by atoms with Crippen molar-refractivity contribution in [2.24, 2.45) is 0 Å². The summed E-state index contributed by atoms with van der Waals surface area (Å²) in [5.41, 5.74) is 0.535. The molecule has 0 N–H and O–H groups in total. The smallest absolute Gasteiger partial charge is 0.318 e. The molecular formula is C10H14N4O2. The topological polar surface area (TPSA) is 58.4 Å².